The predicted molar refractivity (Wildman–Crippen MR) is 81.0 cm³/mol. The van der Waals surface area contributed by atoms with E-state index in [0.717, 1.165) is 19.4 Å². The summed E-state index contributed by atoms with van der Waals surface area (Å²) in [6.45, 7) is 1.64. The molecule has 0 aromatic carbocycles. The van der Waals surface area contributed by atoms with Crippen molar-refractivity contribution in [3.8, 4) is 0 Å². The number of guanidine groups is 1. The van der Waals surface area contributed by atoms with Crippen LogP contribution in [0.25, 0.3) is 0 Å². The van der Waals surface area contributed by atoms with E-state index in [1.165, 1.54) is 25.7 Å². The van der Waals surface area contributed by atoms with Crippen molar-refractivity contribution in [3.05, 3.63) is 0 Å². The van der Waals surface area contributed by atoms with E-state index >= 15 is 0 Å². The van der Waals surface area contributed by atoms with Crippen LogP contribution in [-0.2, 0) is 10.0 Å². The van der Waals surface area contributed by atoms with Gasteiger partial charge in [0.15, 0.2) is 5.96 Å². The first-order valence-corrected chi connectivity index (χ1v) is 9.21. The number of hydrogen-bond acceptors (Lipinski definition) is 3. The molecule has 2 saturated carbocycles. The number of sulfonamides is 1. The van der Waals surface area contributed by atoms with Gasteiger partial charge in [0.1, 0.15) is 0 Å². The number of aliphatic imine (C=N–C) groups is 1. The van der Waals surface area contributed by atoms with Crippen molar-refractivity contribution in [3.63, 3.8) is 0 Å². The van der Waals surface area contributed by atoms with Crippen LogP contribution < -0.4 is 15.8 Å². The van der Waals surface area contributed by atoms with Gasteiger partial charge in [0, 0.05) is 19.6 Å². The largest absolute Gasteiger partial charge is 0.370 e. The summed E-state index contributed by atoms with van der Waals surface area (Å²) in [4.78, 5) is 4.23. The van der Waals surface area contributed by atoms with Crippen LogP contribution in [0.3, 0.4) is 0 Å². The highest BCUT2D eigenvalue weighted by molar-refractivity contribution is 7.89. The van der Waals surface area contributed by atoms with E-state index in [-0.39, 0.29) is 5.75 Å². The molecule has 0 bridgehead atoms. The summed E-state index contributed by atoms with van der Waals surface area (Å²) in [7, 11) is -3.20. The van der Waals surface area contributed by atoms with Gasteiger partial charge in [-0.05, 0) is 37.5 Å². The third kappa shape index (κ3) is 5.28. The van der Waals surface area contributed by atoms with Crippen LogP contribution in [0.15, 0.2) is 4.99 Å². The van der Waals surface area contributed by atoms with Crippen LogP contribution in [0.4, 0.5) is 0 Å². The summed E-state index contributed by atoms with van der Waals surface area (Å²) in [6, 6.07) is 0. The standard InChI is InChI=1S/C13H26N4O2S/c14-13(16-9-11-3-1-4-11)15-7-8-20(18,19)17-10-12-5-2-6-12/h11-12,17H,1-10H2,(H3,14,15,16). The first-order chi connectivity index (χ1) is 9.55. The van der Waals surface area contributed by atoms with Crippen LogP contribution in [-0.4, -0.2) is 39.8 Å². The minimum absolute atomic E-state index is 0.0410. The van der Waals surface area contributed by atoms with Gasteiger partial charge in [-0.3, -0.25) is 4.99 Å². The van der Waals surface area contributed by atoms with E-state index < -0.39 is 10.0 Å². The lowest BCUT2D eigenvalue weighted by molar-refractivity contribution is 0.316. The van der Waals surface area contributed by atoms with Crippen molar-refractivity contribution in [1.29, 1.82) is 0 Å². The average molecular weight is 302 g/mol. The van der Waals surface area contributed by atoms with E-state index in [1.807, 2.05) is 0 Å². The zero-order valence-corrected chi connectivity index (χ0v) is 12.8. The lowest BCUT2D eigenvalue weighted by Gasteiger charge is -2.25. The van der Waals surface area contributed by atoms with Gasteiger partial charge >= 0.3 is 0 Å². The van der Waals surface area contributed by atoms with Gasteiger partial charge in [0.25, 0.3) is 0 Å². The zero-order valence-electron chi connectivity index (χ0n) is 12.0. The molecule has 116 valence electrons. The van der Waals surface area contributed by atoms with Gasteiger partial charge in [-0.1, -0.05) is 12.8 Å². The van der Waals surface area contributed by atoms with Gasteiger partial charge in [-0.15, -0.1) is 0 Å². The lowest BCUT2D eigenvalue weighted by atomic mass is 9.86. The Hall–Kier alpha value is -0.820. The molecule has 2 fully saturated rings. The Kier molecular flexibility index (Phi) is 5.65. The molecule has 0 amide bonds. The Morgan fingerprint density at radius 3 is 2.35 bits per heavy atom. The zero-order chi connectivity index (χ0) is 14.4. The fourth-order valence-corrected chi connectivity index (χ4v) is 3.29. The van der Waals surface area contributed by atoms with E-state index in [0.29, 0.717) is 30.9 Å². The SMILES string of the molecule is NC(=NCC1CCC1)NCCS(=O)(=O)NCC1CCC1. The number of nitrogens with one attached hydrogen (secondary N) is 2. The smallest absolute Gasteiger partial charge is 0.213 e. The molecule has 2 aliphatic rings. The van der Waals surface area contributed by atoms with Crippen molar-refractivity contribution >= 4 is 16.0 Å². The van der Waals surface area contributed by atoms with Gasteiger partial charge < -0.3 is 11.1 Å². The second kappa shape index (κ2) is 7.26. The maximum absolute atomic E-state index is 11.7. The molecule has 0 radical (unpaired) electrons. The lowest BCUT2D eigenvalue weighted by Crippen LogP contribution is -2.40. The number of nitrogens with zero attached hydrogens (tertiary/aromatic N) is 1. The summed E-state index contributed by atoms with van der Waals surface area (Å²) < 4.78 is 26.1. The third-order valence-corrected chi connectivity index (χ3v) is 5.59. The van der Waals surface area contributed by atoms with Crippen molar-refractivity contribution in [1.82, 2.24) is 10.0 Å². The highest BCUT2D eigenvalue weighted by atomic mass is 32.2. The maximum atomic E-state index is 11.7. The minimum atomic E-state index is -3.20. The Morgan fingerprint density at radius 2 is 1.80 bits per heavy atom. The quantitative estimate of drug-likeness (QED) is 0.447. The second-order valence-corrected chi connectivity index (χ2v) is 7.84. The van der Waals surface area contributed by atoms with Crippen LogP contribution in [0.5, 0.6) is 0 Å². The fourth-order valence-electron chi connectivity index (χ4n) is 2.29. The monoisotopic (exact) mass is 302 g/mol. The van der Waals surface area contributed by atoms with Gasteiger partial charge in [-0.25, -0.2) is 13.1 Å². The van der Waals surface area contributed by atoms with Crippen LogP contribution in [0.1, 0.15) is 38.5 Å². The normalized spacial score (nSPS) is 21.3. The van der Waals surface area contributed by atoms with E-state index in [4.69, 9.17) is 5.73 Å². The van der Waals surface area contributed by atoms with E-state index in [9.17, 15) is 8.42 Å². The molecular formula is C13H26N4O2S. The maximum Gasteiger partial charge on any atom is 0.213 e. The molecule has 0 aromatic rings. The van der Waals surface area contributed by atoms with Crippen molar-refractivity contribution in [2.75, 3.05) is 25.4 Å². The number of hydrogen-bond donors (Lipinski definition) is 3. The summed E-state index contributed by atoms with van der Waals surface area (Å²) in [5.41, 5.74) is 5.71. The molecule has 6 nitrogen and oxygen atoms in total. The van der Waals surface area contributed by atoms with Crippen LogP contribution in [0, 0.1) is 11.8 Å². The second-order valence-electron chi connectivity index (χ2n) is 5.91. The van der Waals surface area contributed by atoms with Gasteiger partial charge in [0.05, 0.1) is 5.75 Å². The fraction of sp³-hybridized carbons (Fsp3) is 0.923. The highest BCUT2D eigenvalue weighted by Gasteiger charge is 2.20. The minimum Gasteiger partial charge on any atom is -0.370 e. The number of rotatable bonds is 8. The molecule has 0 aliphatic heterocycles. The molecule has 2 aliphatic carbocycles. The molecule has 7 heteroatoms. The molecule has 4 N–H and O–H groups in total. The van der Waals surface area contributed by atoms with Crippen molar-refractivity contribution < 1.29 is 8.42 Å². The topological polar surface area (TPSA) is 96.6 Å². The summed E-state index contributed by atoms with van der Waals surface area (Å²) in [5.74, 6) is 1.60. The van der Waals surface area contributed by atoms with E-state index in [1.54, 1.807) is 0 Å². The van der Waals surface area contributed by atoms with Gasteiger partial charge in [-0.2, -0.15) is 0 Å². The summed E-state index contributed by atoms with van der Waals surface area (Å²) in [6.07, 6.45) is 7.26. The van der Waals surface area contributed by atoms with Crippen LogP contribution in [0.2, 0.25) is 0 Å². The van der Waals surface area contributed by atoms with Crippen molar-refractivity contribution in [2.45, 2.75) is 38.5 Å². The summed E-state index contributed by atoms with van der Waals surface area (Å²) >= 11 is 0. The molecule has 0 atom stereocenters. The Bertz CT molecular complexity index is 428. The Balaban J connectivity index is 1.57. The summed E-state index contributed by atoms with van der Waals surface area (Å²) in [5, 5.41) is 2.87. The third-order valence-electron chi connectivity index (χ3n) is 4.24. The first-order valence-electron chi connectivity index (χ1n) is 7.56. The Labute approximate surface area is 121 Å². The molecule has 0 spiro atoms. The molecule has 20 heavy (non-hydrogen) atoms. The van der Waals surface area contributed by atoms with E-state index in [2.05, 4.69) is 15.0 Å². The molecule has 0 aromatic heterocycles. The van der Waals surface area contributed by atoms with Crippen molar-refractivity contribution in [2.24, 2.45) is 22.6 Å². The first kappa shape index (κ1) is 15.6. The van der Waals surface area contributed by atoms with Crippen LogP contribution >= 0.6 is 0 Å². The molecule has 0 heterocycles. The molecule has 0 unspecified atom stereocenters. The van der Waals surface area contributed by atoms with Gasteiger partial charge in [0.2, 0.25) is 10.0 Å². The molecular weight excluding hydrogens is 276 g/mol. The average Bonchev–Trinajstić information content (AvgIpc) is 2.24. The Morgan fingerprint density at radius 1 is 1.15 bits per heavy atom. The highest BCUT2D eigenvalue weighted by Crippen LogP contribution is 2.26. The number of nitrogens with two attached hydrogens (primary N) is 1. The molecule has 0 saturated heterocycles. The molecule has 2 rings (SSSR count). The predicted octanol–water partition coefficient (Wildman–Crippen LogP) is 0.410.